The fraction of sp³-hybridized carbons (Fsp3) is 0.444. The van der Waals surface area contributed by atoms with E-state index in [2.05, 4.69) is 16.1 Å². The van der Waals surface area contributed by atoms with Crippen molar-refractivity contribution in [2.75, 3.05) is 0 Å². The zero-order chi connectivity index (χ0) is 23.7. The fourth-order valence-corrected chi connectivity index (χ4v) is 5.60. The molecule has 4 rings (SSSR count). The lowest BCUT2D eigenvalue weighted by Gasteiger charge is -2.51. The van der Waals surface area contributed by atoms with Crippen LogP contribution in [0.15, 0.2) is 67.1 Å². The van der Waals surface area contributed by atoms with Gasteiger partial charge in [0, 0.05) is 48.1 Å². The van der Waals surface area contributed by atoms with Gasteiger partial charge in [0.05, 0.1) is 5.92 Å². The van der Waals surface area contributed by atoms with Crippen LogP contribution < -0.4 is 17.4 Å². The molecule has 0 spiro atoms. The van der Waals surface area contributed by atoms with E-state index in [-0.39, 0.29) is 24.5 Å². The van der Waals surface area contributed by atoms with Gasteiger partial charge in [0.1, 0.15) is 12.3 Å². The van der Waals surface area contributed by atoms with E-state index in [1.165, 1.54) is 5.06 Å². The average Bonchev–Trinajstić information content (AvgIpc) is 2.79. The number of halogens is 1. The van der Waals surface area contributed by atoms with Crippen molar-refractivity contribution in [2.24, 2.45) is 0 Å². The van der Waals surface area contributed by atoms with Crippen molar-refractivity contribution in [1.29, 1.82) is 0 Å². The maximum absolute atomic E-state index is 14.0. The van der Waals surface area contributed by atoms with Gasteiger partial charge in [-0.05, 0) is 57.0 Å². The van der Waals surface area contributed by atoms with Gasteiger partial charge in [-0.3, -0.25) is 9.78 Å². The van der Waals surface area contributed by atoms with Crippen LogP contribution in [0.2, 0.25) is 0 Å². The maximum Gasteiger partial charge on any atom is 0.314 e. The second kappa shape index (κ2) is 9.98. The molecule has 1 fully saturated rings. The molecule has 1 saturated heterocycles. The van der Waals surface area contributed by atoms with Crippen molar-refractivity contribution in [3.05, 3.63) is 78.3 Å². The predicted molar refractivity (Wildman–Crippen MR) is 127 cm³/mol. The van der Waals surface area contributed by atoms with Crippen LogP contribution in [0.3, 0.4) is 0 Å². The summed E-state index contributed by atoms with van der Waals surface area (Å²) in [5, 5.41) is 12.1. The molecule has 182 valence electrons. The lowest BCUT2D eigenvalue weighted by molar-refractivity contribution is -0.371. The number of rotatable bonds is 5. The van der Waals surface area contributed by atoms with Gasteiger partial charge in [-0.15, -0.1) is 0 Å². The Morgan fingerprint density at radius 3 is 2.26 bits per heavy atom. The van der Waals surface area contributed by atoms with E-state index < -0.39 is 22.4 Å². The first-order valence-corrected chi connectivity index (χ1v) is 11.6. The second-order valence-electron chi connectivity index (χ2n) is 10.4. The number of hydrogen-bond acceptors (Lipinski definition) is 5. The number of carbonyl (C=O) groups is 1. The summed E-state index contributed by atoms with van der Waals surface area (Å²) in [4.78, 5) is 21.4. The minimum Gasteiger partial charge on any atom is -1.00 e. The number of benzene rings is 1. The fourth-order valence-electron chi connectivity index (χ4n) is 5.60. The Balaban J connectivity index is 0.00000324. The van der Waals surface area contributed by atoms with Crippen molar-refractivity contribution in [3.8, 4) is 0 Å². The summed E-state index contributed by atoms with van der Waals surface area (Å²) in [7, 11) is 0. The summed E-state index contributed by atoms with van der Waals surface area (Å²) >= 11 is 0. The van der Waals surface area contributed by atoms with Crippen LogP contribution in [0.1, 0.15) is 64.0 Å². The highest BCUT2D eigenvalue weighted by atomic mass is 35.5. The molecule has 34 heavy (non-hydrogen) atoms. The molecule has 0 saturated carbocycles. The van der Waals surface area contributed by atoms with Gasteiger partial charge in [-0.1, -0.05) is 30.3 Å². The highest BCUT2D eigenvalue weighted by molar-refractivity contribution is 5.83. The van der Waals surface area contributed by atoms with E-state index >= 15 is 0 Å². The molecule has 0 aliphatic carbocycles. The first kappa shape index (κ1) is 26.1. The number of nitrogens with one attached hydrogen (secondary N) is 1. The monoisotopic (exact) mass is 483 g/mol. The van der Waals surface area contributed by atoms with Gasteiger partial charge in [-0.2, -0.15) is 5.06 Å². The molecule has 2 aliphatic rings. The Kier molecular flexibility index (Phi) is 7.65. The maximum atomic E-state index is 14.0. The van der Waals surface area contributed by atoms with Crippen molar-refractivity contribution >= 4 is 12.2 Å². The molecule has 2 unspecified atom stereocenters. The predicted octanol–water partition coefficient (Wildman–Crippen LogP) is 0.130. The highest BCUT2D eigenvalue weighted by Gasteiger charge is 2.50. The molecule has 6 nitrogen and oxygen atoms in total. The molecule has 3 heterocycles. The minimum absolute atomic E-state index is 0. The summed E-state index contributed by atoms with van der Waals surface area (Å²) in [5.74, 6) is -0.782. The second-order valence-corrected chi connectivity index (χ2v) is 10.4. The molecular formula is C27H34ClN3O3. The van der Waals surface area contributed by atoms with Crippen molar-refractivity contribution < 1.29 is 32.1 Å². The summed E-state index contributed by atoms with van der Waals surface area (Å²) in [6.45, 7) is 7.91. The number of hydrogen-bond donors (Lipinski definition) is 2. The Hall–Kier alpha value is -2.54. The largest absolute Gasteiger partial charge is 1.00 e. The van der Waals surface area contributed by atoms with Gasteiger partial charge in [0.15, 0.2) is 6.20 Å². The molecule has 2 aromatic rings. The third-order valence-corrected chi connectivity index (χ3v) is 7.02. The number of hydroxylamine groups is 2. The van der Waals surface area contributed by atoms with Gasteiger partial charge >= 0.3 is 5.97 Å². The molecule has 0 bridgehead atoms. The van der Waals surface area contributed by atoms with Gasteiger partial charge in [0.25, 0.3) is 0 Å². The Morgan fingerprint density at radius 1 is 1.09 bits per heavy atom. The van der Waals surface area contributed by atoms with Crippen LogP contribution in [0.5, 0.6) is 0 Å². The van der Waals surface area contributed by atoms with Gasteiger partial charge in [-0.25, -0.2) is 4.99 Å². The van der Waals surface area contributed by atoms with Gasteiger partial charge < -0.3 is 22.4 Å². The summed E-state index contributed by atoms with van der Waals surface area (Å²) in [6, 6.07) is 13.8. The van der Waals surface area contributed by atoms with Crippen molar-refractivity contribution in [1.82, 2.24) is 10.0 Å². The van der Waals surface area contributed by atoms with Crippen molar-refractivity contribution in [2.45, 2.75) is 75.5 Å². The molecule has 1 aromatic heterocycles. The summed E-state index contributed by atoms with van der Waals surface area (Å²) in [6.07, 6.45) is 11.0. The first-order chi connectivity index (χ1) is 15.7. The number of pyridine rings is 1. The number of allylic oxidation sites excluding steroid dienone is 1. The number of nitrogens with zero attached hydrogens (tertiary/aromatic N) is 2. The van der Waals surface area contributed by atoms with E-state index in [1.807, 2.05) is 82.6 Å². The molecule has 0 amide bonds. The molecule has 2 atom stereocenters. The van der Waals surface area contributed by atoms with Crippen LogP contribution in [0.25, 0.3) is 0 Å². The Labute approximate surface area is 208 Å². The molecule has 0 radical (unpaired) electrons. The quantitative estimate of drug-likeness (QED) is 0.591. The number of esters is 1. The van der Waals surface area contributed by atoms with Crippen LogP contribution in [0, 0.1) is 0 Å². The molecule has 2 N–H and O–H groups in total. The zero-order valence-electron chi connectivity index (χ0n) is 20.2. The molecule has 2 aliphatic heterocycles. The van der Waals surface area contributed by atoms with Gasteiger partial charge in [0.2, 0.25) is 0 Å². The molecule has 7 heteroatoms. The number of ether oxygens (including phenoxy) is 1. The van der Waals surface area contributed by atoms with E-state index in [4.69, 9.17) is 4.74 Å². The SMILES string of the molecule is CC1(C)CC(OC(=O)C(c2ccccc2)C2(c3ccncc3)C=C[NH+]=CC2)CC(C)(C)N1O.[Cl-]. The normalized spacial score (nSPS) is 24.7. The number of aromatic nitrogens is 1. The number of piperidine rings is 1. The van der Waals surface area contributed by atoms with E-state index in [1.54, 1.807) is 12.4 Å². The Bertz CT molecular complexity index is 1020. The Morgan fingerprint density at radius 2 is 1.71 bits per heavy atom. The first-order valence-electron chi connectivity index (χ1n) is 11.6. The van der Waals surface area contributed by atoms with Crippen molar-refractivity contribution in [3.63, 3.8) is 0 Å². The van der Waals surface area contributed by atoms with E-state index in [0.29, 0.717) is 19.3 Å². The van der Waals surface area contributed by atoms with E-state index in [0.717, 1.165) is 11.1 Å². The number of carbonyl (C=O) groups excluding carboxylic acids is 1. The van der Waals surface area contributed by atoms with Crippen LogP contribution in [-0.4, -0.2) is 44.6 Å². The summed E-state index contributed by atoms with van der Waals surface area (Å²) < 4.78 is 6.27. The summed E-state index contributed by atoms with van der Waals surface area (Å²) in [5.41, 5.74) is 0.330. The van der Waals surface area contributed by atoms with Crippen LogP contribution in [-0.2, 0) is 14.9 Å². The topological polar surface area (TPSA) is 76.6 Å². The standard InChI is InChI=1S/C27H33N3O3.ClH/c1-25(2)18-22(19-26(3,4)30(25)32)33-24(31)23(20-8-6-5-7-9-20)27(12-16-29-17-13-27)21-10-14-28-15-11-21;/h5-12,14-17,22-23,32H,13,18-19H2,1-4H3;1H. The highest BCUT2D eigenvalue weighted by Crippen LogP contribution is 2.45. The minimum atomic E-state index is -0.602. The zero-order valence-corrected chi connectivity index (χ0v) is 21.0. The molecule has 1 aromatic carbocycles. The third-order valence-electron chi connectivity index (χ3n) is 7.02. The van der Waals surface area contributed by atoms with E-state index in [9.17, 15) is 10.0 Å². The average molecular weight is 484 g/mol. The third kappa shape index (κ3) is 4.95. The van der Waals surface area contributed by atoms with Crippen LogP contribution >= 0.6 is 0 Å². The lowest BCUT2D eigenvalue weighted by Crippen LogP contribution is -3.00. The lowest BCUT2D eigenvalue weighted by atomic mass is 9.65. The smallest absolute Gasteiger partial charge is 0.314 e. The van der Waals surface area contributed by atoms with Crippen LogP contribution in [0.4, 0.5) is 0 Å². The molecular weight excluding hydrogens is 450 g/mol.